The SMILES string of the molecule is CCC(C)(CCBr)NS(=O)(=O)N1CCCCC1C. The second-order valence-corrected chi connectivity index (χ2v) is 7.83. The van der Waals surface area contributed by atoms with Crippen LogP contribution in [0, 0.1) is 0 Å². The molecular weight excluding hydrogens is 316 g/mol. The molecule has 2 atom stereocenters. The van der Waals surface area contributed by atoms with Crippen molar-refractivity contribution < 1.29 is 8.42 Å². The standard InChI is InChI=1S/C12H25BrN2O2S/c1-4-12(3,8-9-13)14-18(16,17)15-10-6-5-7-11(15)2/h11,14H,4-10H2,1-3H3. The molecule has 0 spiro atoms. The number of halogens is 1. The number of nitrogens with zero attached hydrogens (tertiary/aromatic N) is 1. The van der Waals surface area contributed by atoms with Crippen molar-refractivity contribution in [3.8, 4) is 0 Å². The average Bonchev–Trinajstić information content (AvgIpc) is 2.29. The molecule has 1 N–H and O–H groups in total. The van der Waals surface area contributed by atoms with E-state index in [1.54, 1.807) is 4.31 Å². The van der Waals surface area contributed by atoms with Crippen LogP contribution in [-0.2, 0) is 10.2 Å². The Morgan fingerprint density at radius 3 is 2.61 bits per heavy atom. The summed E-state index contributed by atoms with van der Waals surface area (Å²) < 4.78 is 29.4. The highest BCUT2D eigenvalue weighted by atomic mass is 79.9. The minimum absolute atomic E-state index is 0.112. The first-order valence-electron chi connectivity index (χ1n) is 6.71. The van der Waals surface area contributed by atoms with Crippen molar-refractivity contribution in [3.05, 3.63) is 0 Å². The van der Waals surface area contributed by atoms with Crippen molar-refractivity contribution in [2.45, 2.75) is 64.5 Å². The van der Waals surface area contributed by atoms with Crippen LogP contribution in [0.25, 0.3) is 0 Å². The van der Waals surface area contributed by atoms with Crippen LogP contribution in [0.1, 0.15) is 52.9 Å². The zero-order valence-corrected chi connectivity index (χ0v) is 14.0. The molecule has 6 heteroatoms. The van der Waals surface area contributed by atoms with Crippen LogP contribution in [0.15, 0.2) is 0 Å². The second kappa shape index (κ2) is 6.68. The summed E-state index contributed by atoms with van der Waals surface area (Å²) in [6.07, 6.45) is 4.64. The summed E-state index contributed by atoms with van der Waals surface area (Å²) >= 11 is 3.39. The minimum atomic E-state index is -3.36. The molecule has 1 rings (SSSR count). The molecule has 0 aromatic heterocycles. The van der Waals surface area contributed by atoms with Crippen LogP contribution < -0.4 is 4.72 Å². The molecule has 0 aliphatic carbocycles. The normalized spacial score (nSPS) is 25.9. The molecule has 108 valence electrons. The Labute approximate surface area is 120 Å². The van der Waals surface area contributed by atoms with Gasteiger partial charge in [-0.25, -0.2) is 0 Å². The fourth-order valence-electron chi connectivity index (χ4n) is 2.31. The Hall–Kier alpha value is 0.350. The minimum Gasteiger partial charge on any atom is -0.196 e. The summed E-state index contributed by atoms with van der Waals surface area (Å²) in [4.78, 5) is 0. The Balaban J connectivity index is 2.79. The van der Waals surface area contributed by atoms with Gasteiger partial charge in [0.25, 0.3) is 10.2 Å². The molecule has 1 fully saturated rings. The lowest BCUT2D eigenvalue weighted by Crippen LogP contribution is -2.55. The Kier molecular flexibility index (Phi) is 6.09. The molecule has 2 unspecified atom stereocenters. The topological polar surface area (TPSA) is 49.4 Å². The first-order chi connectivity index (χ1) is 8.34. The zero-order valence-electron chi connectivity index (χ0n) is 11.6. The predicted molar refractivity (Wildman–Crippen MR) is 79.2 cm³/mol. The van der Waals surface area contributed by atoms with Gasteiger partial charge < -0.3 is 0 Å². The van der Waals surface area contributed by atoms with E-state index < -0.39 is 10.2 Å². The van der Waals surface area contributed by atoms with Crippen molar-refractivity contribution >= 4 is 26.1 Å². The molecule has 4 nitrogen and oxygen atoms in total. The van der Waals surface area contributed by atoms with Crippen LogP contribution in [0.3, 0.4) is 0 Å². The van der Waals surface area contributed by atoms with E-state index >= 15 is 0 Å². The van der Waals surface area contributed by atoms with E-state index in [0.717, 1.165) is 37.4 Å². The summed E-state index contributed by atoms with van der Waals surface area (Å²) in [6.45, 7) is 6.63. The van der Waals surface area contributed by atoms with Crippen LogP contribution in [0.4, 0.5) is 0 Å². The average molecular weight is 341 g/mol. The maximum atomic E-state index is 12.4. The molecule has 1 aliphatic heterocycles. The van der Waals surface area contributed by atoms with Gasteiger partial charge in [-0.1, -0.05) is 29.3 Å². The van der Waals surface area contributed by atoms with Gasteiger partial charge in [-0.05, 0) is 39.5 Å². The lowest BCUT2D eigenvalue weighted by molar-refractivity contribution is 0.257. The van der Waals surface area contributed by atoms with E-state index in [9.17, 15) is 8.42 Å². The summed E-state index contributed by atoms with van der Waals surface area (Å²) in [6, 6.07) is 0.112. The predicted octanol–water partition coefficient (Wildman–Crippen LogP) is 2.65. The van der Waals surface area contributed by atoms with Gasteiger partial charge in [0.15, 0.2) is 0 Å². The van der Waals surface area contributed by atoms with Gasteiger partial charge in [-0.2, -0.15) is 17.4 Å². The quantitative estimate of drug-likeness (QED) is 0.755. The van der Waals surface area contributed by atoms with E-state index in [1.165, 1.54) is 0 Å². The lowest BCUT2D eigenvalue weighted by atomic mass is 9.98. The summed E-state index contributed by atoms with van der Waals surface area (Å²) in [5.74, 6) is 0. The van der Waals surface area contributed by atoms with Gasteiger partial charge in [-0.3, -0.25) is 0 Å². The van der Waals surface area contributed by atoms with Crippen LogP contribution in [0.2, 0.25) is 0 Å². The van der Waals surface area contributed by atoms with Crippen molar-refractivity contribution in [2.24, 2.45) is 0 Å². The number of piperidine rings is 1. The van der Waals surface area contributed by atoms with E-state index in [0.29, 0.717) is 6.54 Å². The molecule has 0 radical (unpaired) electrons. The Morgan fingerprint density at radius 1 is 1.44 bits per heavy atom. The largest absolute Gasteiger partial charge is 0.280 e. The van der Waals surface area contributed by atoms with E-state index in [4.69, 9.17) is 0 Å². The zero-order chi connectivity index (χ0) is 13.8. The molecule has 0 saturated carbocycles. The maximum Gasteiger partial charge on any atom is 0.280 e. The Bertz CT molecular complexity index is 361. The second-order valence-electron chi connectivity index (χ2n) is 5.42. The number of hydrogen-bond donors (Lipinski definition) is 1. The van der Waals surface area contributed by atoms with E-state index in [-0.39, 0.29) is 11.6 Å². The van der Waals surface area contributed by atoms with Crippen LogP contribution in [0.5, 0.6) is 0 Å². The summed E-state index contributed by atoms with van der Waals surface area (Å²) in [5.41, 5.74) is -0.362. The Morgan fingerprint density at radius 2 is 2.11 bits per heavy atom. The van der Waals surface area contributed by atoms with Crippen molar-refractivity contribution in [1.82, 2.24) is 9.03 Å². The number of alkyl halides is 1. The van der Waals surface area contributed by atoms with Gasteiger partial charge in [0, 0.05) is 23.5 Å². The molecule has 0 aromatic carbocycles. The summed E-state index contributed by atoms with van der Waals surface area (Å²) in [5, 5.41) is 0.801. The first-order valence-corrected chi connectivity index (χ1v) is 9.27. The fourth-order valence-corrected chi connectivity index (χ4v) is 5.12. The van der Waals surface area contributed by atoms with E-state index in [1.807, 2.05) is 20.8 Å². The third kappa shape index (κ3) is 4.18. The fraction of sp³-hybridized carbons (Fsp3) is 1.00. The molecule has 1 heterocycles. The van der Waals surface area contributed by atoms with Crippen molar-refractivity contribution in [3.63, 3.8) is 0 Å². The molecule has 1 saturated heterocycles. The third-order valence-electron chi connectivity index (χ3n) is 3.85. The molecule has 0 bridgehead atoms. The van der Waals surface area contributed by atoms with Gasteiger partial charge in [0.1, 0.15) is 0 Å². The van der Waals surface area contributed by atoms with Gasteiger partial charge >= 0.3 is 0 Å². The molecule has 1 aliphatic rings. The number of nitrogens with one attached hydrogen (secondary N) is 1. The number of rotatable bonds is 6. The highest BCUT2D eigenvalue weighted by Gasteiger charge is 2.34. The highest BCUT2D eigenvalue weighted by molar-refractivity contribution is 9.09. The lowest BCUT2D eigenvalue weighted by Gasteiger charge is -2.36. The smallest absolute Gasteiger partial charge is 0.196 e. The summed E-state index contributed by atoms with van der Waals surface area (Å²) in [7, 11) is -3.36. The maximum absolute atomic E-state index is 12.4. The molecule has 0 amide bonds. The third-order valence-corrected chi connectivity index (χ3v) is 6.16. The first kappa shape index (κ1) is 16.4. The molecule has 18 heavy (non-hydrogen) atoms. The molecule has 0 aromatic rings. The van der Waals surface area contributed by atoms with Gasteiger partial charge in [-0.15, -0.1) is 0 Å². The van der Waals surface area contributed by atoms with Crippen LogP contribution >= 0.6 is 15.9 Å². The monoisotopic (exact) mass is 340 g/mol. The van der Waals surface area contributed by atoms with Gasteiger partial charge in [0.2, 0.25) is 0 Å². The molecular formula is C12H25BrN2O2S. The van der Waals surface area contributed by atoms with Gasteiger partial charge in [0.05, 0.1) is 0 Å². The highest BCUT2D eigenvalue weighted by Crippen LogP contribution is 2.23. The van der Waals surface area contributed by atoms with Crippen molar-refractivity contribution in [1.29, 1.82) is 0 Å². The number of hydrogen-bond acceptors (Lipinski definition) is 2. The van der Waals surface area contributed by atoms with Crippen molar-refractivity contribution in [2.75, 3.05) is 11.9 Å². The van der Waals surface area contributed by atoms with E-state index in [2.05, 4.69) is 20.7 Å². The van der Waals surface area contributed by atoms with Crippen LogP contribution in [-0.4, -0.2) is 36.2 Å².